The fourth-order valence-corrected chi connectivity index (χ4v) is 1.81. The van der Waals surface area contributed by atoms with E-state index in [9.17, 15) is 20.0 Å². The number of benzene rings is 1. The van der Waals surface area contributed by atoms with Gasteiger partial charge >= 0.3 is 5.69 Å². The van der Waals surface area contributed by atoms with E-state index in [2.05, 4.69) is 9.97 Å². The number of aromatic hydroxyl groups is 1. The van der Waals surface area contributed by atoms with E-state index < -0.39 is 10.6 Å². The van der Waals surface area contributed by atoms with Gasteiger partial charge in [-0.25, -0.2) is 4.79 Å². The van der Waals surface area contributed by atoms with Crippen LogP contribution in [0.3, 0.4) is 0 Å². The maximum atomic E-state index is 11.0. The quantitative estimate of drug-likeness (QED) is 0.560. The first-order chi connectivity index (χ1) is 9.02. The summed E-state index contributed by atoms with van der Waals surface area (Å²) in [6.45, 7) is 0. The molecular formula is C11H11N3O5. The number of aromatic amines is 2. The van der Waals surface area contributed by atoms with Crippen molar-refractivity contribution in [2.45, 2.75) is 6.42 Å². The molecule has 0 saturated carbocycles. The summed E-state index contributed by atoms with van der Waals surface area (Å²) in [6.07, 6.45) is -0.0229. The zero-order valence-electron chi connectivity index (χ0n) is 9.97. The summed E-state index contributed by atoms with van der Waals surface area (Å²) in [5.41, 5.74) is -0.274. The van der Waals surface area contributed by atoms with Crippen molar-refractivity contribution >= 4 is 5.69 Å². The molecule has 0 saturated heterocycles. The van der Waals surface area contributed by atoms with Gasteiger partial charge in [0.25, 0.3) is 5.69 Å². The highest BCUT2D eigenvalue weighted by Gasteiger charge is 2.20. The Labute approximate surface area is 106 Å². The van der Waals surface area contributed by atoms with Crippen LogP contribution >= 0.6 is 0 Å². The summed E-state index contributed by atoms with van der Waals surface area (Å²) in [5, 5.41) is 20.5. The van der Waals surface area contributed by atoms with Gasteiger partial charge < -0.3 is 14.8 Å². The van der Waals surface area contributed by atoms with E-state index in [0.717, 1.165) is 0 Å². The predicted molar refractivity (Wildman–Crippen MR) is 65.5 cm³/mol. The monoisotopic (exact) mass is 265 g/mol. The molecule has 0 bridgehead atoms. The molecule has 3 N–H and O–H groups in total. The van der Waals surface area contributed by atoms with Gasteiger partial charge in [0.1, 0.15) is 5.75 Å². The number of nitrogens with zero attached hydrogens (tertiary/aromatic N) is 1. The van der Waals surface area contributed by atoms with Gasteiger partial charge in [-0.1, -0.05) is 6.07 Å². The molecule has 0 atom stereocenters. The smallest absolute Gasteiger partial charge is 0.325 e. The highest BCUT2D eigenvalue weighted by molar-refractivity contribution is 5.51. The Balaban J connectivity index is 2.51. The summed E-state index contributed by atoms with van der Waals surface area (Å²) in [6, 6.07) is 4.41. The molecule has 0 aliphatic rings. The second-order valence-corrected chi connectivity index (χ2v) is 3.80. The lowest BCUT2D eigenvalue weighted by atomic mass is 10.1. The second kappa shape index (κ2) is 4.84. The van der Waals surface area contributed by atoms with E-state index >= 15 is 0 Å². The first kappa shape index (κ1) is 12.7. The SMILES string of the molecule is COc1cccc([N+](=O)[O-])c1Cc1[nH]c(=O)[nH]c1O. The average Bonchev–Trinajstić information content (AvgIpc) is 2.67. The van der Waals surface area contributed by atoms with Crippen LogP contribution in [-0.2, 0) is 6.42 Å². The Morgan fingerprint density at radius 1 is 1.42 bits per heavy atom. The van der Waals surface area contributed by atoms with E-state index in [1.54, 1.807) is 6.07 Å². The van der Waals surface area contributed by atoms with E-state index in [4.69, 9.17) is 4.74 Å². The average molecular weight is 265 g/mol. The van der Waals surface area contributed by atoms with E-state index in [-0.39, 0.29) is 29.2 Å². The molecule has 8 heteroatoms. The molecule has 1 heterocycles. The summed E-state index contributed by atoms with van der Waals surface area (Å²) < 4.78 is 5.07. The van der Waals surface area contributed by atoms with Crippen molar-refractivity contribution in [3.8, 4) is 11.6 Å². The van der Waals surface area contributed by atoms with Crippen LogP contribution in [0, 0.1) is 10.1 Å². The van der Waals surface area contributed by atoms with Crippen molar-refractivity contribution in [2.24, 2.45) is 0 Å². The normalized spacial score (nSPS) is 10.4. The fourth-order valence-electron chi connectivity index (χ4n) is 1.81. The summed E-state index contributed by atoms with van der Waals surface area (Å²) in [4.78, 5) is 26.0. The largest absolute Gasteiger partial charge is 0.496 e. The predicted octanol–water partition coefficient (Wildman–Crippen LogP) is 0.916. The van der Waals surface area contributed by atoms with Crippen LogP contribution < -0.4 is 10.4 Å². The van der Waals surface area contributed by atoms with Gasteiger partial charge in [0.05, 0.1) is 23.3 Å². The Bertz CT molecular complexity index is 673. The maximum absolute atomic E-state index is 11.0. The molecule has 0 spiro atoms. The van der Waals surface area contributed by atoms with Crippen LogP contribution in [-0.4, -0.2) is 27.1 Å². The van der Waals surface area contributed by atoms with Crippen LogP contribution in [0.1, 0.15) is 11.3 Å². The van der Waals surface area contributed by atoms with Gasteiger partial charge in [0, 0.05) is 12.5 Å². The number of nitro groups is 1. The molecule has 1 aromatic carbocycles. The fraction of sp³-hybridized carbons (Fsp3) is 0.182. The molecule has 2 aromatic rings. The first-order valence-electron chi connectivity index (χ1n) is 5.33. The van der Waals surface area contributed by atoms with Crippen LogP contribution in [0.4, 0.5) is 5.69 Å². The Morgan fingerprint density at radius 3 is 2.68 bits per heavy atom. The minimum absolute atomic E-state index is 0.0229. The van der Waals surface area contributed by atoms with Gasteiger partial charge in [-0.05, 0) is 6.07 Å². The lowest BCUT2D eigenvalue weighted by Gasteiger charge is -2.07. The van der Waals surface area contributed by atoms with Crippen molar-refractivity contribution in [2.75, 3.05) is 7.11 Å². The summed E-state index contributed by atoms with van der Waals surface area (Å²) in [5.74, 6) is -0.0270. The number of aromatic nitrogens is 2. The van der Waals surface area contributed by atoms with Crippen LogP contribution in [0.5, 0.6) is 11.6 Å². The van der Waals surface area contributed by atoms with Crippen molar-refractivity contribution in [3.63, 3.8) is 0 Å². The highest BCUT2D eigenvalue weighted by Crippen LogP contribution is 2.31. The highest BCUT2D eigenvalue weighted by atomic mass is 16.6. The molecule has 0 amide bonds. The van der Waals surface area contributed by atoms with Gasteiger partial charge in [-0.2, -0.15) is 0 Å². The van der Waals surface area contributed by atoms with Crippen molar-refractivity contribution in [3.05, 3.63) is 50.1 Å². The minimum Gasteiger partial charge on any atom is -0.496 e. The molecule has 8 nitrogen and oxygen atoms in total. The Hall–Kier alpha value is -2.77. The third-order valence-corrected chi connectivity index (χ3v) is 2.66. The maximum Gasteiger partial charge on any atom is 0.325 e. The number of rotatable bonds is 4. The Kier molecular flexibility index (Phi) is 3.23. The van der Waals surface area contributed by atoms with Crippen LogP contribution in [0.25, 0.3) is 0 Å². The molecule has 0 unspecified atom stereocenters. The number of hydrogen-bond acceptors (Lipinski definition) is 5. The Morgan fingerprint density at radius 2 is 2.16 bits per heavy atom. The molecule has 0 radical (unpaired) electrons. The molecule has 2 rings (SSSR count). The minimum atomic E-state index is -0.579. The number of hydrogen-bond donors (Lipinski definition) is 3. The molecule has 19 heavy (non-hydrogen) atoms. The topological polar surface area (TPSA) is 121 Å². The van der Waals surface area contributed by atoms with Crippen LogP contribution in [0.2, 0.25) is 0 Å². The number of nitrogens with one attached hydrogen (secondary N) is 2. The third kappa shape index (κ3) is 2.41. The number of methoxy groups -OCH3 is 1. The second-order valence-electron chi connectivity index (χ2n) is 3.80. The van der Waals surface area contributed by atoms with Gasteiger partial charge in [0.2, 0.25) is 5.88 Å². The number of H-pyrrole nitrogens is 2. The number of ether oxygens (including phenoxy) is 1. The summed E-state index contributed by atoms with van der Waals surface area (Å²) >= 11 is 0. The van der Waals surface area contributed by atoms with E-state index in [0.29, 0.717) is 5.75 Å². The van der Waals surface area contributed by atoms with Crippen molar-refractivity contribution in [1.82, 2.24) is 9.97 Å². The lowest BCUT2D eigenvalue weighted by Crippen LogP contribution is -2.03. The number of nitro benzene ring substituents is 1. The number of imidazole rings is 1. The van der Waals surface area contributed by atoms with Crippen molar-refractivity contribution < 1.29 is 14.8 Å². The van der Waals surface area contributed by atoms with E-state index in [1.807, 2.05) is 0 Å². The molecule has 0 aliphatic carbocycles. The van der Waals surface area contributed by atoms with Crippen molar-refractivity contribution in [1.29, 1.82) is 0 Å². The molecule has 0 aliphatic heterocycles. The standard InChI is InChI=1S/C11H11N3O5/c1-19-9-4-2-3-8(14(17)18)6(9)5-7-10(15)13-11(16)12-7/h2-4,15H,5H2,1H3,(H2,12,13,16). The van der Waals surface area contributed by atoms with E-state index in [1.165, 1.54) is 19.2 Å². The third-order valence-electron chi connectivity index (χ3n) is 2.66. The summed E-state index contributed by atoms with van der Waals surface area (Å²) in [7, 11) is 1.39. The van der Waals surface area contributed by atoms with Gasteiger partial charge in [0.15, 0.2) is 0 Å². The zero-order chi connectivity index (χ0) is 14.0. The molecule has 100 valence electrons. The lowest BCUT2D eigenvalue weighted by molar-refractivity contribution is -0.385. The molecule has 1 aromatic heterocycles. The van der Waals surface area contributed by atoms with Gasteiger partial charge in [-0.15, -0.1) is 0 Å². The zero-order valence-corrected chi connectivity index (χ0v) is 9.97. The molecular weight excluding hydrogens is 254 g/mol. The van der Waals surface area contributed by atoms with Crippen LogP contribution in [0.15, 0.2) is 23.0 Å². The molecule has 0 fully saturated rings. The first-order valence-corrected chi connectivity index (χ1v) is 5.33. The van der Waals surface area contributed by atoms with Gasteiger partial charge in [-0.3, -0.25) is 15.1 Å².